The first kappa shape index (κ1) is 14.1. The molecular formula is C17H20N2OS. The van der Waals surface area contributed by atoms with Gasteiger partial charge in [-0.2, -0.15) is 0 Å². The summed E-state index contributed by atoms with van der Waals surface area (Å²) in [4.78, 5) is 14.8. The molecule has 1 aromatic heterocycles. The minimum Gasteiger partial charge on any atom is -0.385 e. The van der Waals surface area contributed by atoms with Crippen molar-refractivity contribution in [2.24, 2.45) is 0 Å². The summed E-state index contributed by atoms with van der Waals surface area (Å²) in [6, 6.07) is 8.08. The number of thiophene rings is 1. The van der Waals surface area contributed by atoms with Gasteiger partial charge in [0.1, 0.15) is 0 Å². The maximum atomic E-state index is 12.3. The van der Waals surface area contributed by atoms with Crippen molar-refractivity contribution in [3.63, 3.8) is 0 Å². The SMILES string of the molecule is Cc1cc(CNC(=O)c2ccc3c(c2)CCCN3)sc1C. The van der Waals surface area contributed by atoms with Crippen LogP contribution in [0.1, 0.15) is 37.7 Å². The Morgan fingerprint density at radius 2 is 2.19 bits per heavy atom. The molecule has 2 N–H and O–H groups in total. The van der Waals surface area contributed by atoms with Gasteiger partial charge in [0.2, 0.25) is 0 Å². The monoisotopic (exact) mass is 300 g/mol. The van der Waals surface area contributed by atoms with E-state index in [2.05, 4.69) is 30.5 Å². The molecule has 1 aromatic carbocycles. The molecule has 1 amide bonds. The van der Waals surface area contributed by atoms with E-state index in [1.807, 2.05) is 18.2 Å². The van der Waals surface area contributed by atoms with Crippen LogP contribution < -0.4 is 10.6 Å². The molecule has 4 heteroatoms. The van der Waals surface area contributed by atoms with E-state index in [1.165, 1.54) is 26.6 Å². The van der Waals surface area contributed by atoms with Crippen molar-refractivity contribution in [3.8, 4) is 0 Å². The number of nitrogens with one attached hydrogen (secondary N) is 2. The Labute approximate surface area is 129 Å². The number of hydrogen-bond acceptors (Lipinski definition) is 3. The number of rotatable bonds is 3. The Morgan fingerprint density at radius 1 is 1.33 bits per heavy atom. The molecule has 1 aliphatic rings. The van der Waals surface area contributed by atoms with Gasteiger partial charge >= 0.3 is 0 Å². The number of benzene rings is 1. The zero-order chi connectivity index (χ0) is 14.8. The molecule has 0 fully saturated rings. The Morgan fingerprint density at radius 3 is 2.95 bits per heavy atom. The summed E-state index contributed by atoms with van der Waals surface area (Å²) in [7, 11) is 0. The highest BCUT2D eigenvalue weighted by Gasteiger charge is 2.12. The molecule has 0 unspecified atom stereocenters. The quantitative estimate of drug-likeness (QED) is 0.908. The number of carbonyl (C=O) groups is 1. The molecule has 3 nitrogen and oxygen atoms in total. The molecule has 2 aromatic rings. The van der Waals surface area contributed by atoms with Crippen LogP contribution >= 0.6 is 11.3 Å². The summed E-state index contributed by atoms with van der Waals surface area (Å²) >= 11 is 1.75. The normalized spacial score (nSPS) is 13.4. The number of anilines is 1. The number of hydrogen-bond donors (Lipinski definition) is 2. The van der Waals surface area contributed by atoms with Gasteiger partial charge in [0, 0.05) is 27.5 Å². The van der Waals surface area contributed by atoms with E-state index in [9.17, 15) is 4.79 Å². The van der Waals surface area contributed by atoms with Crippen LogP contribution in [0.15, 0.2) is 24.3 Å². The van der Waals surface area contributed by atoms with E-state index < -0.39 is 0 Å². The lowest BCUT2D eigenvalue weighted by molar-refractivity contribution is 0.0951. The largest absolute Gasteiger partial charge is 0.385 e. The zero-order valence-corrected chi connectivity index (χ0v) is 13.3. The van der Waals surface area contributed by atoms with E-state index in [1.54, 1.807) is 11.3 Å². The fraction of sp³-hybridized carbons (Fsp3) is 0.353. The molecule has 2 heterocycles. The summed E-state index contributed by atoms with van der Waals surface area (Å²) in [5.41, 5.74) is 4.46. The van der Waals surface area contributed by atoms with Crippen LogP contribution in [0.25, 0.3) is 0 Å². The fourth-order valence-corrected chi connectivity index (χ4v) is 3.62. The second-order valence-electron chi connectivity index (χ2n) is 5.54. The highest BCUT2D eigenvalue weighted by molar-refractivity contribution is 7.12. The van der Waals surface area contributed by atoms with Crippen LogP contribution in [-0.2, 0) is 13.0 Å². The molecule has 0 bridgehead atoms. The summed E-state index contributed by atoms with van der Waals surface area (Å²) in [6.45, 7) is 5.85. The van der Waals surface area contributed by atoms with Gasteiger partial charge in [0.25, 0.3) is 5.91 Å². The van der Waals surface area contributed by atoms with Crippen LogP contribution in [-0.4, -0.2) is 12.5 Å². The number of aryl methyl sites for hydroxylation is 3. The zero-order valence-electron chi connectivity index (χ0n) is 12.5. The van der Waals surface area contributed by atoms with Gasteiger partial charge in [0.05, 0.1) is 6.54 Å². The molecule has 1 aliphatic heterocycles. The van der Waals surface area contributed by atoms with E-state index in [0.29, 0.717) is 6.54 Å². The van der Waals surface area contributed by atoms with Crippen LogP contribution in [0, 0.1) is 13.8 Å². The first-order chi connectivity index (χ1) is 10.1. The molecule has 0 saturated heterocycles. The van der Waals surface area contributed by atoms with Crippen molar-refractivity contribution in [2.45, 2.75) is 33.2 Å². The van der Waals surface area contributed by atoms with Gasteiger partial charge in [0.15, 0.2) is 0 Å². The van der Waals surface area contributed by atoms with Crippen molar-refractivity contribution in [3.05, 3.63) is 50.7 Å². The van der Waals surface area contributed by atoms with E-state index in [-0.39, 0.29) is 5.91 Å². The second kappa shape index (κ2) is 5.90. The molecule has 0 radical (unpaired) electrons. The Bertz CT molecular complexity index is 656. The molecule has 21 heavy (non-hydrogen) atoms. The molecule has 0 atom stereocenters. The lowest BCUT2D eigenvalue weighted by atomic mass is 10.0. The summed E-state index contributed by atoms with van der Waals surface area (Å²) in [5, 5.41) is 6.38. The smallest absolute Gasteiger partial charge is 0.251 e. The van der Waals surface area contributed by atoms with Crippen molar-refractivity contribution in [2.75, 3.05) is 11.9 Å². The predicted molar refractivity (Wildman–Crippen MR) is 88.2 cm³/mol. The molecule has 3 rings (SSSR count). The van der Waals surface area contributed by atoms with Crippen molar-refractivity contribution < 1.29 is 4.79 Å². The third-order valence-corrected chi connectivity index (χ3v) is 5.10. The highest BCUT2D eigenvalue weighted by Crippen LogP contribution is 2.23. The first-order valence-corrected chi connectivity index (χ1v) is 8.16. The maximum absolute atomic E-state index is 12.3. The first-order valence-electron chi connectivity index (χ1n) is 7.34. The highest BCUT2D eigenvalue weighted by atomic mass is 32.1. The van der Waals surface area contributed by atoms with Crippen LogP contribution in [0.2, 0.25) is 0 Å². The predicted octanol–water partition coefficient (Wildman–Crippen LogP) is 3.65. The van der Waals surface area contributed by atoms with Crippen LogP contribution in [0.5, 0.6) is 0 Å². The van der Waals surface area contributed by atoms with Crippen molar-refractivity contribution in [1.29, 1.82) is 0 Å². The van der Waals surface area contributed by atoms with Gasteiger partial charge < -0.3 is 10.6 Å². The molecule has 0 aliphatic carbocycles. The average molecular weight is 300 g/mol. The fourth-order valence-electron chi connectivity index (χ4n) is 2.62. The van der Waals surface area contributed by atoms with E-state index in [0.717, 1.165) is 24.9 Å². The van der Waals surface area contributed by atoms with Gasteiger partial charge in [-0.05, 0) is 62.1 Å². The minimum atomic E-state index is 0.00656. The molecule has 110 valence electrons. The van der Waals surface area contributed by atoms with Crippen molar-refractivity contribution >= 4 is 22.9 Å². The Kier molecular flexibility index (Phi) is 3.97. The van der Waals surface area contributed by atoms with Crippen LogP contribution in [0.3, 0.4) is 0 Å². The second-order valence-corrected chi connectivity index (χ2v) is 6.88. The summed E-state index contributed by atoms with van der Waals surface area (Å²) in [5.74, 6) is 0.00656. The Hall–Kier alpha value is -1.81. The lowest BCUT2D eigenvalue weighted by Crippen LogP contribution is -2.23. The third kappa shape index (κ3) is 3.10. The lowest BCUT2D eigenvalue weighted by Gasteiger charge is -2.18. The van der Waals surface area contributed by atoms with Gasteiger partial charge in [-0.25, -0.2) is 0 Å². The van der Waals surface area contributed by atoms with Gasteiger partial charge in [-0.15, -0.1) is 11.3 Å². The molecule has 0 saturated carbocycles. The van der Waals surface area contributed by atoms with Gasteiger partial charge in [-0.1, -0.05) is 0 Å². The van der Waals surface area contributed by atoms with Crippen molar-refractivity contribution in [1.82, 2.24) is 5.32 Å². The van der Waals surface area contributed by atoms with Gasteiger partial charge in [-0.3, -0.25) is 4.79 Å². The third-order valence-electron chi connectivity index (χ3n) is 3.95. The summed E-state index contributed by atoms with van der Waals surface area (Å²) < 4.78 is 0. The summed E-state index contributed by atoms with van der Waals surface area (Å²) in [6.07, 6.45) is 2.18. The Balaban J connectivity index is 1.67. The minimum absolute atomic E-state index is 0.00656. The average Bonchev–Trinajstić information content (AvgIpc) is 2.83. The number of amides is 1. The molecule has 0 spiro atoms. The standard InChI is InChI=1S/C17H20N2OS/c1-11-8-15(21-12(11)2)10-19-17(20)14-5-6-16-13(9-14)4-3-7-18-16/h5-6,8-9,18H,3-4,7,10H2,1-2H3,(H,19,20). The van der Waals surface area contributed by atoms with E-state index >= 15 is 0 Å². The molecular weight excluding hydrogens is 280 g/mol. The van der Waals surface area contributed by atoms with Crippen LogP contribution in [0.4, 0.5) is 5.69 Å². The van der Waals surface area contributed by atoms with E-state index in [4.69, 9.17) is 0 Å². The number of fused-ring (bicyclic) bond motifs is 1. The maximum Gasteiger partial charge on any atom is 0.251 e. The topological polar surface area (TPSA) is 41.1 Å². The number of carbonyl (C=O) groups excluding carboxylic acids is 1.